The molecule has 0 bridgehead atoms. The lowest BCUT2D eigenvalue weighted by Crippen LogP contribution is -2.36. The van der Waals surface area contributed by atoms with Crippen molar-refractivity contribution in [1.29, 1.82) is 0 Å². The number of aryl methyl sites for hydroxylation is 1. The highest BCUT2D eigenvalue weighted by molar-refractivity contribution is 7.89. The van der Waals surface area contributed by atoms with Crippen molar-refractivity contribution in [2.24, 2.45) is 5.92 Å². The SMILES string of the molecule is Cc1ccc2c(CC(=O)O)nn([C@H]3CN(S(=O)(=O)c4ccc(O)cc4)[C@@H]4CCC[C@@H]43)c2c1. The number of phenolic OH excluding ortho intramolecular Hbond substituents is 1. The van der Waals surface area contributed by atoms with Gasteiger partial charge < -0.3 is 10.2 Å². The van der Waals surface area contributed by atoms with Crippen molar-refractivity contribution in [2.75, 3.05) is 6.54 Å². The summed E-state index contributed by atoms with van der Waals surface area (Å²) >= 11 is 0. The normalized spacial score (nSPS) is 23.6. The quantitative estimate of drug-likeness (QED) is 0.611. The van der Waals surface area contributed by atoms with Crippen LogP contribution in [0.3, 0.4) is 0 Å². The van der Waals surface area contributed by atoms with E-state index in [0.717, 1.165) is 35.7 Å². The first-order valence-electron chi connectivity index (χ1n) is 10.8. The minimum absolute atomic E-state index is 0.0198. The van der Waals surface area contributed by atoms with E-state index >= 15 is 0 Å². The summed E-state index contributed by atoms with van der Waals surface area (Å²) in [5.74, 6) is -0.812. The number of phenols is 1. The molecular weight excluding hydrogens is 430 g/mol. The maximum atomic E-state index is 13.5. The highest BCUT2D eigenvalue weighted by atomic mass is 32.2. The molecule has 5 rings (SSSR count). The van der Waals surface area contributed by atoms with Crippen LogP contribution in [0.2, 0.25) is 0 Å². The largest absolute Gasteiger partial charge is 0.508 e. The van der Waals surface area contributed by atoms with Crippen molar-refractivity contribution in [1.82, 2.24) is 14.1 Å². The van der Waals surface area contributed by atoms with E-state index in [9.17, 15) is 23.4 Å². The van der Waals surface area contributed by atoms with Gasteiger partial charge in [-0.3, -0.25) is 9.48 Å². The molecule has 0 spiro atoms. The number of aromatic nitrogens is 2. The summed E-state index contributed by atoms with van der Waals surface area (Å²) in [6.07, 6.45) is 2.45. The molecule has 2 fully saturated rings. The summed E-state index contributed by atoms with van der Waals surface area (Å²) in [4.78, 5) is 11.6. The van der Waals surface area contributed by atoms with Crippen molar-refractivity contribution >= 4 is 26.9 Å². The van der Waals surface area contributed by atoms with Crippen LogP contribution in [0, 0.1) is 12.8 Å². The third kappa shape index (κ3) is 3.36. The molecule has 1 aliphatic carbocycles. The Balaban J connectivity index is 1.58. The summed E-state index contributed by atoms with van der Waals surface area (Å²) in [5.41, 5.74) is 2.39. The molecule has 0 amide bonds. The molecule has 2 aromatic carbocycles. The average molecular weight is 456 g/mol. The standard InChI is InChI=1S/C23H25N3O5S/c1-14-5-10-17-19(12-23(28)29)24-26(21(17)11-14)22-13-25(20-4-2-3-18(20)22)32(30,31)16-8-6-15(27)7-9-16/h5-11,18,20,22,27H,2-4,12-13H2,1H3,(H,28,29)/t18-,20+,22-/m0/s1. The summed E-state index contributed by atoms with van der Waals surface area (Å²) in [7, 11) is -3.74. The van der Waals surface area contributed by atoms with Crippen molar-refractivity contribution in [3.05, 3.63) is 53.7 Å². The maximum Gasteiger partial charge on any atom is 0.309 e. The first kappa shape index (κ1) is 21.0. The fraction of sp³-hybridized carbons (Fsp3) is 0.391. The van der Waals surface area contributed by atoms with Gasteiger partial charge in [-0.25, -0.2) is 8.42 Å². The van der Waals surface area contributed by atoms with Gasteiger partial charge in [-0.1, -0.05) is 18.6 Å². The van der Waals surface area contributed by atoms with E-state index in [1.807, 2.05) is 29.8 Å². The van der Waals surface area contributed by atoms with Crippen LogP contribution in [0.25, 0.3) is 10.9 Å². The number of carbonyl (C=O) groups is 1. The molecule has 1 saturated heterocycles. The lowest BCUT2D eigenvalue weighted by Gasteiger charge is -2.22. The highest BCUT2D eigenvalue weighted by Gasteiger charge is 2.50. The predicted octanol–water partition coefficient (Wildman–Crippen LogP) is 3.09. The molecule has 3 atom stereocenters. The number of hydrogen-bond donors (Lipinski definition) is 2. The van der Waals surface area contributed by atoms with E-state index in [1.54, 1.807) is 4.31 Å². The second-order valence-corrected chi connectivity index (χ2v) is 10.7. The van der Waals surface area contributed by atoms with Gasteiger partial charge in [0.15, 0.2) is 0 Å². The first-order chi connectivity index (χ1) is 15.3. The zero-order valence-electron chi connectivity index (χ0n) is 17.7. The van der Waals surface area contributed by atoms with E-state index in [0.29, 0.717) is 5.69 Å². The molecule has 168 valence electrons. The van der Waals surface area contributed by atoms with E-state index in [2.05, 4.69) is 0 Å². The molecule has 32 heavy (non-hydrogen) atoms. The molecule has 2 N–H and O–H groups in total. The van der Waals surface area contributed by atoms with E-state index in [-0.39, 0.29) is 41.6 Å². The molecule has 0 radical (unpaired) electrons. The van der Waals surface area contributed by atoms with Crippen LogP contribution in [-0.2, 0) is 21.2 Å². The van der Waals surface area contributed by atoms with E-state index in [1.165, 1.54) is 24.3 Å². The number of sulfonamides is 1. The van der Waals surface area contributed by atoms with Crippen LogP contribution < -0.4 is 0 Å². The molecule has 2 aliphatic rings. The van der Waals surface area contributed by atoms with Gasteiger partial charge in [0.05, 0.1) is 28.6 Å². The van der Waals surface area contributed by atoms with Crippen LogP contribution in [0.15, 0.2) is 47.4 Å². The molecule has 8 nitrogen and oxygen atoms in total. The first-order valence-corrected chi connectivity index (χ1v) is 12.2. The Morgan fingerprint density at radius 1 is 1.12 bits per heavy atom. The molecular formula is C23H25N3O5S. The number of benzene rings is 2. The Kier molecular flexibility index (Phi) is 4.98. The minimum Gasteiger partial charge on any atom is -0.508 e. The van der Waals surface area contributed by atoms with Crippen LogP contribution in [0.5, 0.6) is 5.75 Å². The van der Waals surface area contributed by atoms with Crippen LogP contribution in [-0.4, -0.2) is 51.3 Å². The highest BCUT2D eigenvalue weighted by Crippen LogP contribution is 2.47. The number of rotatable bonds is 5. The summed E-state index contributed by atoms with van der Waals surface area (Å²) < 4.78 is 30.4. The fourth-order valence-electron chi connectivity index (χ4n) is 5.36. The lowest BCUT2D eigenvalue weighted by molar-refractivity contribution is -0.136. The Morgan fingerprint density at radius 2 is 1.88 bits per heavy atom. The fourth-order valence-corrected chi connectivity index (χ4v) is 7.08. The Bertz CT molecular complexity index is 1300. The third-order valence-electron chi connectivity index (χ3n) is 6.78. The van der Waals surface area contributed by atoms with Gasteiger partial charge in [-0.15, -0.1) is 0 Å². The van der Waals surface area contributed by atoms with Gasteiger partial charge >= 0.3 is 5.97 Å². The number of fused-ring (bicyclic) bond motifs is 2. The Morgan fingerprint density at radius 3 is 2.59 bits per heavy atom. The van der Waals surface area contributed by atoms with Gasteiger partial charge in [-0.05, 0) is 61.6 Å². The maximum absolute atomic E-state index is 13.5. The average Bonchev–Trinajstić information content (AvgIpc) is 3.42. The van der Waals surface area contributed by atoms with Crippen molar-refractivity contribution in [3.63, 3.8) is 0 Å². The second kappa shape index (κ2) is 7.60. The number of carboxylic acids is 1. The topological polar surface area (TPSA) is 113 Å². The number of hydrogen-bond acceptors (Lipinski definition) is 5. The lowest BCUT2D eigenvalue weighted by atomic mass is 9.99. The van der Waals surface area contributed by atoms with Crippen LogP contribution in [0.4, 0.5) is 0 Å². The summed E-state index contributed by atoms with van der Waals surface area (Å²) in [6, 6.07) is 11.2. The van der Waals surface area contributed by atoms with Crippen LogP contribution in [0.1, 0.15) is 36.6 Å². The minimum atomic E-state index is -3.74. The van der Waals surface area contributed by atoms with E-state index in [4.69, 9.17) is 5.10 Å². The molecule has 9 heteroatoms. The zero-order valence-corrected chi connectivity index (χ0v) is 18.5. The molecule has 2 heterocycles. The van der Waals surface area contributed by atoms with Crippen LogP contribution >= 0.6 is 0 Å². The Labute approximate surface area is 186 Å². The molecule has 1 aliphatic heterocycles. The van der Waals surface area contributed by atoms with Gasteiger partial charge in [0.2, 0.25) is 10.0 Å². The van der Waals surface area contributed by atoms with Gasteiger partial charge in [0, 0.05) is 18.0 Å². The Hall–Kier alpha value is -2.91. The third-order valence-corrected chi connectivity index (χ3v) is 8.68. The number of nitrogens with zero attached hydrogens (tertiary/aromatic N) is 3. The second-order valence-electron chi connectivity index (χ2n) is 8.78. The summed E-state index contributed by atoms with van der Waals surface area (Å²) in [5, 5.41) is 24.4. The van der Waals surface area contributed by atoms with Gasteiger partial charge in [0.25, 0.3) is 0 Å². The van der Waals surface area contributed by atoms with Crippen molar-refractivity contribution < 1.29 is 23.4 Å². The predicted molar refractivity (Wildman–Crippen MR) is 118 cm³/mol. The van der Waals surface area contributed by atoms with Gasteiger partial charge in [-0.2, -0.15) is 9.40 Å². The summed E-state index contributed by atoms with van der Waals surface area (Å²) in [6.45, 7) is 2.26. The number of carboxylic acid groups (broad SMARTS) is 1. The van der Waals surface area contributed by atoms with Crippen molar-refractivity contribution in [2.45, 2.75) is 49.6 Å². The number of aliphatic carboxylic acids is 1. The smallest absolute Gasteiger partial charge is 0.309 e. The number of aromatic hydroxyl groups is 1. The molecule has 3 aromatic rings. The molecule has 1 saturated carbocycles. The monoisotopic (exact) mass is 455 g/mol. The molecule has 0 unspecified atom stereocenters. The zero-order chi connectivity index (χ0) is 22.6. The molecule has 1 aromatic heterocycles. The van der Waals surface area contributed by atoms with Crippen molar-refractivity contribution in [3.8, 4) is 5.75 Å². The van der Waals surface area contributed by atoms with Gasteiger partial charge in [0.1, 0.15) is 5.75 Å². The van der Waals surface area contributed by atoms with E-state index < -0.39 is 16.0 Å².